The summed E-state index contributed by atoms with van der Waals surface area (Å²) in [6, 6.07) is 3.31. The maximum atomic E-state index is 12.1. The van der Waals surface area contributed by atoms with Crippen molar-refractivity contribution in [1.29, 1.82) is 0 Å². The van der Waals surface area contributed by atoms with Gasteiger partial charge in [0.05, 0.1) is 18.4 Å². The Morgan fingerprint density at radius 2 is 2.05 bits per heavy atom. The van der Waals surface area contributed by atoms with Gasteiger partial charge in [-0.3, -0.25) is 14.0 Å². The first-order valence-corrected chi connectivity index (χ1v) is 7.16. The van der Waals surface area contributed by atoms with Crippen LogP contribution in [0.2, 0.25) is 0 Å². The third-order valence-electron chi connectivity index (χ3n) is 3.64. The Labute approximate surface area is 125 Å². The average molecular weight is 297 g/mol. The first-order valence-electron chi connectivity index (χ1n) is 7.16. The van der Waals surface area contributed by atoms with Crippen molar-refractivity contribution in [2.24, 2.45) is 0 Å². The molecule has 8 nitrogen and oxygen atoms in total. The average Bonchev–Trinajstić information content (AvgIpc) is 2.96. The fourth-order valence-corrected chi connectivity index (χ4v) is 2.54. The first-order chi connectivity index (χ1) is 10.8. The Kier molecular flexibility index (Phi) is 3.08. The smallest absolute Gasteiger partial charge is 0.252 e. The van der Waals surface area contributed by atoms with Crippen LogP contribution in [0.1, 0.15) is 0 Å². The maximum Gasteiger partial charge on any atom is 0.252 e. The molecule has 1 aliphatic rings. The second-order valence-electron chi connectivity index (χ2n) is 5.16. The van der Waals surface area contributed by atoms with Gasteiger partial charge in [-0.25, -0.2) is 4.98 Å². The summed E-state index contributed by atoms with van der Waals surface area (Å²) >= 11 is 0. The van der Waals surface area contributed by atoms with Gasteiger partial charge in [-0.15, -0.1) is 0 Å². The lowest BCUT2D eigenvalue weighted by atomic mass is 10.3. The molecule has 1 aliphatic heterocycles. The van der Waals surface area contributed by atoms with Crippen molar-refractivity contribution in [3.8, 4) is 0 Å². The van der Waals surface area contributed by atoms with Crippen LogP contribution in [0.15, 0.2) is 35.5 Å². The Morgan fingerprint density at radius 3 is 3.00 bits per heavy atom. The van der Waals surface area contributed by atoms with Crippen molar-refractivity contribution in [2.75, 3.05) is 18.4 Å². The lowest BCUT2D eigenvalue weighted by Crippen LogP contribution is -2.29. The van der Waals surface area contributed by atoms with Gasteiger partial charge in [0.1, 0.15) is 5.65 Å². The van der Waals surface area contributed by atoms with Gasteiger partial charge in [0.25, 0.3) is 5.56 Å². The molecule has 4 rings (SSSR count). The number of hydrogen-bond acceptors (Lipinski definition) is 6. The van der Waals surface area contributed by atoms with Crippen molar-refractivity contribution in [2.45, 2.75) is 13.1 Å². The lowest BCUT2D eigenvalue weighted by molar-refractivity contribution is 0.531. The third kappa shape index (κ3) is 2.33. The fourth-order valence-electron chi connectivity index (χ4n) is 2.54. The zero-order valence-electron chi connectivity index (χ0n) is 11.9. The molecule has 112 valence electrons. The molecule has 0 radical (unpaired) electrons. The maximum absolute atomic E-state index is 12.1. The minimum atomic E-state index is -0.0557. The highest BCUT2D eigenvalue weighted by atomic mass is 16.1. The summed E-state index contributed by atoms with van der Waals surface area (Å²) in [5.41, 5.74) is 1.40. The van der Waals surface area contributed by atoms with Crippen molar-refractivity contribution in [3.05, 3.63) is 41.1 Å². The van der Waals surface area contributed by atoms with E-state index in [9.17, 15) is 4.79 Å². The van der Waals surface area contributed by atoms with Crippen LogP contribution in [-0.2, 0) is 13.1 Å². The second kappa shape index (κ2) is 5.23. The zero-order valence-corrected chi connectivity index (χ0v) is 11.9. The van der Waals surface area contributed by atoms with Gasteiger partial charge in [0, 0.05) is 43.5 Å². The second-order valence-corrected chi connectivity index (χ2v) is 5.16. The van der Waals surface area contributed by atoms with Crippen molar-refractivity contribution in [3.63, 3.8) is 0 Å². The van der Waals surface area contributed by atoms with Crippen LogP contribution in [-0.4, -0.2) is 37.4 Å². The summed E-state index contributed by atoms with van der Waals surface area (Å²) in [5, 5.41) is 11.6. The van der Waals surface area contributed by atoms with E-state index >= 15 is 0 Å². The number of fused-ring (bicyclic) bond motifs is 3. The van der Waals surface area contributed by atoms with Crippen LogP contribution in [0.5, 0.6) is 0 Å². The molecule has 0 amide bonds. The number of aromatic nitrogens is 5. The highest BCUT2D eigenvalue weighted by molar-refractivity contribution is 5.75. The molecule has 2 N–H and O–H groups in total. The Bertz CT molecular complexity index is 882. The summed E-state index contributed by atoms with van der Waals surface area (Å²) in [5.74, 6) is 0.457. The molecule has 0 atom stereocenters. The molecule has 4 heterocycles. The quantitative estimate of drug-likeness (QED) is 0.622. The molecule has 0 aliphatic carbocycles. The van der Waals surface area contributed by atoms with Gasteiger partial charge in [-0.2, -0.15) is 10.1 Å². The van der Waals surface area contributed by atoms with E-state index in [4.69, 9.17) is 0 Å². The minimum Gasteiger partial charge on any atom is -0.321 e. The molecule has 0 unspecified atom stereocenters. The van der Waals surface area contributed by atoms with Gasteiger partial charge < -0.3 is 10.6 Å². The van der Waals surface area contributed by atoms with Crippen LogP contribution >= 0.6 is 0 Å². The molecule has 0 fully saturated rings. The van der Waals surface area contributed by atoms with Gasteiger partial charge in [0.15, 0.2) is 0 Å². The van der Waals surface area contributed by atoms with Gasteiger partial charge in [0.2, 0.25) is 5.95 Å². The van der Waals surface area contributed by atoms with E-state index in [1.54, 1.807) is 29.1 Å². The summed E-state index contributed by atoms with van der Waals surface area (Å²) < 4.78 is 3.53. The number of pyridine rings is 1. The molecular weight excluding hydrogens is 282 g/mol. The van der Waals surface area contributed by atoms with E-state index in [2.05, 4.69) is 25.7 Å². The first kappa shape index (κ1) is 13.0. The predicted molar refractivity (Wildman–Crippen MR) is 82.2 cm³/mol. The van der Waals surface area contributed by atoms with E-state index < -0.39 is 0 Å². The largest absolute Gasteiger partial charge is 0.321 e. The minimum absolute atomic E-state index is 0.0557. The van der Waals surface area contributed by atoms with E-state index in [-0.39, 0.29) is 5.56 Å². The topological polar surface area (TPSA) is 89.7 Å². The summed E-state index contributed by atoms with van der Waals surface area (Å²) in [6.07, 6.45) is 5.36. The van der Waals surface area contributed by atoms with Crippen LogP contribution in [0.3, 0.4) is 0 Å². The van der Waals surface area contributed by atoms with E-state index in [1.807, 2.05) is 10.9 Å². The Balaban J connectivity index is 1.86. The van der Waals surface area contributed by atoms with Crippen LogP contribution in [0.4, 0.5) is 11.6 Å². The van der Waals surface area contributed by atoms with Crippen molar-refractivity contribution < 1.29 is 0 Å². The van der Waals surface area contributed by atoms with E-state index in [0.717, 1.165) is 24.2 Å². The molecule has 3 aromatic heterocycles. The molecular formula is C14H15N7O. The van der Waals surface area contributed by atoms with E-state index in [1.165, 1.54) is 0 Å². The molecule has 0 spiro atoms. The molecule has 8 heteroatoms. The summed E-state index contributed by atoms with van der Waals surface area (Å²) in [7, 11) is 0. The Hall–Kier alpha value is -2.74. The summed E-state index contributed by atoms with van der Waals surface area (Å²) in [4.78, 5) is 20.9. The SMILES string of the molecule is O=c1ccc2cnc3nc2n1CCNCCn1cc(cn1)N3. The number of anilines is 2. The van der Waals surface area contributed by atoms with Crippen molar-refractivity contribution in [1.82, 2.24) is 29.6 Å². The number of hydrogen-bond donors (Lipinski definition) is 2. The van der Waals surface area contributed by atoms with E-state index in [0.29, 0.717) is 24.7 Å². The highest BCUT2D eigenvalue weighted by Crippen LogP contribution is 2.15. The van der Waals surface area contributed by atoms with Crippen molar-refractivity contribution >= 4 is 22.7 Å². The zero-order chi connectivity index (χ0) is 14.9. The van der Waals surface area contributed by atoms with Crippen LogP contribution < -0.4 is 16.2 Å². The molecule has 0 saturated carbocycles. The molecule has 4 bridgehead atoms. The van der Waals surface area contributed by atoms with Gasteiger partial charge in [-0.1, -0.05) is 0 Å². The van der Waals surface area contributed by atoms with Crippen LogP contribution in [0.25, 0.3) is 11.0 Å². The van der Waals surface area contributed by atoms with Gasteiger partial charge >= 0.3 is 0 Å². The molecule has 0 saturated heterocycles. The predicted octanol–water partition coefficient (Wildman–Crippen LogP) is 0.335. The fraction of sp³-hybridized carbons (Fsp3) is 0.286. The Morgan fingerprint density at radius 1 is 1.14 bits per heavy atom. The number of nitrogens with one attached hydrogen (secondary N) is 2. The normalized spacial score (nSPS) is 14.9. The lowest BCUT2D eigenvalue weighted by Gasteiger charge is -2.10. The molecule has 3 aromatic rings. The number of nitrogens with zero attached hydrogens (tertiary/aromatic N) is 5. The molecule has 22 heavy (non-hydrogen) atoms. The van der Waals surface area contributed by atoms with Crippen LogP contribution in [0, 0.1) is 0 Å². The standard InChI is InChI=1S/C14H15N7O/c22-12-2-1-10-7-16-14-18-11-8-17-20(9-11)5-3-15-4-6-21(12)13(10)19-14/h1-2,7-9,15H,3-6H2,(H,16,18,19). The number of rotatable bonds is 0. The summed E-state index contributed by atoms with van der Waals surface area (Å²) in [6.45, 7) is 2.81. The third-order valence-corrected chi connectivity index (χ3v) is 3.64. The highest BCUT2D eigenvalue weighted by Gasteiger charge is 2.09. The molecule has 0 aromatic carbocycles. The van der Waals surface area contributed by atoms with Gasteiger partial charge in [-0.05, 0) is 6.07 Å². The monoisotopic (exact) mass is 297 g/mol.